The van der Waals surface area contributed by atoms with Crippen molar-refractivity contribution in [2.75, 3.05) is 17.6 Å². The Morgan fingerprint density at radius 3 is 2.07 bits per heavy atom. The van der Waals surface area contributed by atoms with Gasteiger partial charge in [0.2, 0.25) is 5.91 Å². The monoisotopic (exact) mass is 509 g/mol. The van der Waals surface area contributed by atoms with Gasteiger partial charge >= 0.3 is 0 Å². The largest absolute Gasteiger partial charge is 0.394 e. The summed E-state index contributed by atoms with van der Waals surface area (Å²) in [5.41, 5.74) is 0. The minimum Gasteiger partial charge on any atom is -0.394 e. The summed E-state index contributed by atoms with van der Waals surface area (Å²) >= 11 is 1.79. The molecule has 8 N–H and O–H groups in total. The van der Waals surface area contributed by atoms with Crippen LogP contribution in [-0.2, 0) is 19.0 Å². The molecule has 27 heavy (non-hydrogen) atoms. The Bertz CT molecular complexity index is 496. The van der Waals surface area contributed by atoms with Crippen LogP contribution in [0, 0.1) is 0 Å². The Morgan fingerprint density at radius 1 is 0.889 bits per heavy atom. The van der Waals surface area contributed by atoms with Gasteiger partial charge in [-0.15, -0.1) is 0 Å². The summed E-state index contributed by atoms with van der Waals surface area (Å²) in [5.74, 6) is -0.461. The number of carbonyl (C=O) groups is 1. The molecule has 2 aliphatic heterocycles. The molecule has 4 unspecified atom stereocenters. The van der Waals surface area contributed by atoms with Crippen molar-refractivity contribution in [1.29, 1.82) is 0 Å². The molecule has 0 spiro atoms. The molecule has 0 bridgehead atoms. The summed E-state index contributed by atoms with van der Waals surface area (Å²) in [7, 11) is 0. The number of aliphatic hydroxyl groups excluding tert-OH is 7. The van der Waals surface area contributed by atoms with Gasteiger partial charge in [-0.1, -0.05) is 22.6 Å². The molecule has 2 rings (SSSR count). The number of hydrogen-bond donors (Lipinski definition) is 8. The van der Waals surface area contributed by atoms with Crippen molar-refractivity contribution in [2.24, 2.45) is 0 Å². The number of amides is 1. The molecule has 158 valence electrons. The van der Waals surface area contributed by atoms with E-state index in [-0.39, 0.29) is 4.43 Å². The minimum atomic E-state index is -1.73. The highest BCUT2D eigenvalue weighted by atomic mass is 127. The lowest BCUT2D eigenvalue weighted by Crippen LogP contribution is -2.66. The van der Waals surface area contributed by atoms with E-state index in [1.54, 1.807) is 22.6 Å². The lowest BCUT2D eigenvalue weighted by atomic mass is 9.96. The van der Waals surface area contributed by atoms with E-state index in [0.29, 0.717) is 0 Å². The first-order valence-corrected chi connectivity index (χ1v) is 9.71. The number of alkyl halides is 1. The van der Waals surface area contributed by atoms with E-state index in [1.165, 1.54) is 0 Å². The van der Waals surface area contributed by atoms with Gasteiger partial charge in [-0.05, 0) is 0 Å². The fraction of sp³-hybridized carbons (Fsp3) is 0.929. The molecule has 2 heterocycles. The summed E-state index contributed by atoms with van der Waals surface area (Å²) in [4.78, 5) is 11.5. The second-order valence-corrected chi connectivity index (χ2v) is 7.02. The van der Waals surface area contributed by atoms with Gasteiger partial charge < -0.3 is 55.3 Å². The quantitative estimate of drug-likeness (QED) is 0.126. The van der Waals surface area contributed by atoms with E-state index >= 15 is 0 Å². The first kappa shape index (κ1) is 23.1. The van der Waals surface area contributed by atoms with Gasteiger partial charge in [0.15, 0.2) is 12.5 Å². The van der Waals surface area contributed by atoms with Crippen LogP contribution in [0.5, 0.6) is 0 Å². The van der Waals surface area contributed by atoms with Gasteiger partial charge in [0, 0.05) is 0 Å². The first-order valence-electron chi connectivity index (χ1n) is 8.18. The zero-order valence-corrected chi connectivity index (χ0v) is 16.2. The molecule has 2 aliphatic rings. The molecule has 0 aliphatic carbocycles. The van der Waals surface area contributed by atoms with Gasteiger partial charge in [0.05, 0.1) is 17.6 Å². The van der Waals surface area contributed by atoms with E-state index < -0.39 is 80.5 Å². The molecule has 1 amide bonds. The zero-order valence-electron chi connectivity index (χ0n) is 14.0. The van der Waals surface area contributed by atoms with Gasteiger partial charge in [-0.25, -0.2) is 0 Å². The first-order chi connectivity index (χ1) is 12.7. The molecule has 2 saturated heterocycles. The third-order valence-electron chi connectivity index (χ3n) is 4.43. The molecule has 2 fully saturated rings. The van der Waals surface area contributed by atoms with E-state index in [0.717, 1.165) is 0 Å². The highest BCUT2D eigenvalue weighted by Crippen LogP contribution is 2.28. The molecule has 0 radical (unpaired) electrons. The Balaban J connectivity index is 2.11. The fourth-order valence-corrected chi connectivity index (χ4v) is 3.13. The van der Waals surface area contributed by atoms with Crippen LogP contribution in [0.25, 0.3) is 0 Å². The van der Waals surface area contributed by atoms with Crippen LogP contribution < -0.4 is 5.32 Å². The lowest BCUT2D eigenvalue weighted by molar-refractivity contribution is -0.343. The van der Waals surface area contributed by atoms with Gasteiger partial charge in [-0.3, -0.25) is 4.79 Å². The van der Waals surface area contributed by atoms with Crippen LogP contribution in [0.2, 0.25) is 0 Å². The molecular formula is C14H24INO11. The van der Waals surface area contributed by atoms with Crippen molar-refractivity contribution in [1.82, 2.24) is 5.32 Å². The number of hydrogen-bond acceptors (Lipinski definition) is 11. The second-order valence-electron chi connectivity index (χ2n) is 6.26. The summed E-state index contributed by atoms with van der Waals surface area (Å²) in [6.45, 7) is -1.34. The molecule has 10 atom stereocenters. The van der Waals surface area contributed by atoms with Crippen molar-refractivity contribution in [3.8, 4) is 0 Å². The van der Waals surface area contributed by atoms with Crippen molar-refractivity contribution in [3.63, 3.8) is 0 Å². The average Bonchev–Trinajstić information content (AvgIpc) is 2.67. The molecule has 0 aromatic rings. The summed E-state index contributed by atoms with van der Waals surface area (Å²) in [5, 5.41) is 71.1. The summed E-state index contributed by atoms with van der Waals surface area (Å²) in [6.07, 6.45) is -15.0. The highest BCUT2D eigenvalue weighted by Gasteiger charge is 2.50. The SMILES string of the molecule is O=C(CI)N[C@@H]1OC(CO)[C@@H](O[C@@H]2OC(CO)[C@H](O)[C@H](O)C2O)[C@H](O)C1O. The van der Waals surface area contributed by atoms with Crippen molar-refractivity contribution >= 4 is 28.5 Å². The van der Waals surface area contributed by atoms with Crippen LogP contribution in [0.15, 0.2) is 0 Å². The molecule has 0 aromatic heterocycles. The Morgan fingerprint density at radius 2 is 1.52 bits per heavy atom. The Labute approximate surface area is 167 Å². The maximum atomic E-state index is 11.5. The third kappa shape index (κ3) is 5.05. The van der Waals surface area contributed by atoms with Gasteiger partial charge in [-0.2, -0.15) is 0 Å². The molecule has 12 nitrogen and oxygen atoms in total. The van der Waals surface area contributed by atoms with Crippen LogP contribution in [-0.4, -0.2) is 121 Å². The number of ether oxygens (including phenoxy) is 3. The van der Waals surface area contributed by atoms with E-state index in [9.17, 15) is 40.5 Å². The maximum Gasteiger partial charge on any atom is 0.231 e. The number of nitrogens with one attached hydrogen (secondary N) is 1. The molecule has 0 saturated carbocycles. The standard InChI is InChI=1S/C14H24INO11/c15-1-6(19)16-13-10(23)9(22)12(5(3-18)25-13)27-14-11(24)8(21)7(20)4(2-17)26-14/h4-5,7-14,17-18,20-24H,1-3H2,(H,16,19)/t4?,5?,7-,8-,9+,10?,11?,12+,13+,14-/m0/s1. The predicted octanol–water partition coefficient (Wildman–Crippen LogP) is -4.84. The number of rotatable bonds is 6. The Hall–Kier alpha value is -0.200. The summed E-state index contributed by atoms with van der Waals surface area (Å²) < 4.78 is 16.0. The molecule has 0 aromatic carbocycles. The normalized spacial score (nSPS) is 45.5. The molecular weight excluding hydrogens is 485 g/mol. The van der Waals surface area contributed by atoms with E-state index in [1.807, 2.05) is 0 Å². The van der Waals surface area contributed by atoms with Crippen molar-refractivity contribution < 1.29 is 54.8 Å². The number of aliphatic hydroxyl groups is 7. The topological polar surface area (TPSA) is 198 Å². The van der Waals surface area contributed by atoms with Crippen molar-refractivity contribution in [3.05, 3.63) is 0 Å². The maximum absolute atomic E-state index is 11.5. The third-order valence-corrected chi connectivity index (χ3v) is 5.12. The fourth-order valence-electron chi connectivity index (χ4n) is 2.91. The van der Waals surface area contributed by atoms with Crippen LogP contribution in [0.1, 0.15) is 0 Å². The summed E-state index contributed by atoms with van der Waals surface area (Å²) in [6, 6.07) is 0. The predicted molar refractivity (Wildman–Crippen MR) is 93.4 cm³/mol. The average molecular weight is 509 g/mol. The lowest BCUT2D eigenvalue weighted by Gasteiger charge is -2.46. The smallest absolute Gasteiger partial charge is 0.231 e. The van der Waals surface area contributed by atoms with E-state index in [4.69, 9.17) is 14.2 Å². The van der Waals surface area contributed by atoms with Gasteiger partial charge in [0.1, 0.15) is 48.8 Å². The highest BCUT2D eigenvalue weighted by molar-refractivity contribution is 14.1. The van der Waals surface area contributed by atoms with Crippen LogP contribution in [0.4, 0.5) is 0 Å². The molecule has 13 heteroatoms. The number of carbonyl (C=O) groups excluding carboxylic acids is 1. The van der Waals surface area contributed by atoms with Gasteiger partial charge in [0.25, 0.3) is 0 Å². The van der Waals surface area contributed by atoms with E-state index in [2.05, 4.69) is 5.32 Å². The van der Waals surface area contributed by atoms with Crippen LogP contribution >= 0.6 is 22.6 Å². The zero-order chi connectivity index (χ0) is 20.3. The second kappa shape index (κ2) is 10.0. The minimum absolute atomic E-state index is 0.0784. The Kier molecular flexibility index (Phi) is 8.56. The van der Waals surface area contributed by atoms with Crippen LogP contribution in [0.3, 0.4) is 0 Å². The van der Waals surface area contributed by atoms with Crippen molar-refractivity contribution in [2.45, 2.75) is 61.3 Å². The number of halogens is 1.